The van der Waals surface area contributed by atoms with Gasteiger partial charge in [-0.25, -0.2) is 9.97 Å². The van der Waals surface area contributed by atoms with Crippen LogP contribution in [0.3, 0.4) is 0 Å². The van der Waals surface area contributed by atoms with E-state index in [1.54, 1.807) is 0 Å². The Morgan fingerprint density at radius 3 is 1.48 bits per heavy atom. The summed E-state index contributed by atoms with van der Waals surface area (Å²) in [6.07, 6.45) is 0. The molecule has 13 rings (SSSR count). The van der Waals surface area contributed by atoms with Crippen LogP contribution in [0.25, 0.3) is 127 Å². The highest BCUT2D eigenvalue weighted by atomic mass is 15.0. The Hall–Kier alpha value is -8.66. The zero-order valence-corrected chi connectivity index (χ0v) is 35.4. The molecule has 65 heavy (non-hydrogen) atoms. The molecule has 0 bridgehead atoms. The van der Waals surface area contributed by atoms with Gasteiger partial charge in [0, 0.05) is 27.5 Å². The molecule has 0 saturated carbocycles. The van der Waals surface area contributed by atoms with Crippen LogP contribution in [-0.4, -0.2) is 14.5 Å². The zero-order chi connectivity index (χ0) is 42.8. The lowest BCUT2D eigenvalue weighted by Crippen LogP contribution is -2.01. The van der Waals surface area contributed by atoms with Gasteiger partial charge in [0.05, 0.1) is 28.1 Å². The van der Waals surface area contributed by atoms with E-state index in [1.165, 1.54) is 70.7 Å². The van der Waals surface area contributed by atoms with Gasteiger partial charge < -0.3 is 4.57 Å². The number of para-hydroxylation sites is 3. The van der Waals surface area contributed by atoms with Crippen molar-refractivity contribution >= 4 is 64.9 Å². The Balaban J connectivity index is 1.07. The molecule has 0 amide bonds. The Labute approximate surface area is 376 Å². The minimum Gasteiger partial charge on any atom is -0.309 e. The van der Waals surface area contributed by atoms with Crippen molar-refractivity contribution < 1.29 is 0 Å². The Bertz CT molecular complexity index is 3940. The number of benzene rings is 11. The number of hydrogen-bond donors (Lipinski definition) is 0. The number of hydrogen-bond acceptors (Lipinski definition) is 2. The molecule has 0 fully saturated rings. The third-order valence-corrected chi connectivity index (χ3v) is 13.2. The van der Waals surface area contributed by atoms with Gasteiger partial charge in [0.15, 0.2) is 5.82 Å². The lowest BCUT2D eigenvalue weighted by molar-refractivity contribution is 1.15. The van der Waals surface area contributed by atoms with Crippen molar-refractivity contribution in [3.63, 3.8) is 0 Å². The molecule has 0 radical (unpaired) electrons. The van der Waals surface area contributed by atoms with Gasteiger partial charge in [0.1, 0.15) is 0 Å². The fourth-order valence-corrected chi connectivity index (χ4v) is 10.4. The van der Waals surface area contributed by atoms with Crippen LogP contribution in [0.2, 0.25) is 0 Å². The largest absolute Gasteiger partial charge is 0.309 e. The second kappa shape index (κ2) is 15.0. The molecule has 0 aliphatic rings. The molecule has 0 aliphatic carbocycles. The lowest BCUT2D eigenvalue weighted by atomic mass is 9.82. The summed E-state index contributed by atoms with van der Waals surface area (Å²) in [5.74, 6) is 0.684. The molecule has 0 unspecified atom stereocenters. The Morgan fingerprint density at radius 1 is 0.292 bits per heavy atom. The summed E-state index contributed by atoms with van der Waals surface area (Å²) in [5, 5.41) is 12.2. The molecular formula is C62H39N3. The molecule has 2 heterocycles. The normalized spacial score (nSPS) is 11.7. The predicted molar refractivity (Wildman–Crippen MR) is 274 cm³/mol. The first-order valence-corrected chi connectivity index (χ1v) is 22.2. The van der Waals surface area contributed by atoms with E-state index in [4.69, 9.17) is 9.97 Å². The van der Waals surface area contributed by atoms with E-state index in [-0.39, 0.29) is 0 Å². The van der Waals surface area contributed by atoms with Crippen molar-refractivity contribution in [3.05, 3.63) is 237 Å². The van der Waals surface area contributed by atoms with E-state index in [0.29, 0.717) is 5.82 Å². The molecule has 0 N–H and O–H groups in total. The van der Waals surface area contributed by atoms with Crippen molar-refractivity contribution in [2.24, 2.45) is 0 Å². The predicted octanol–water partition coefficient (Wildman–Crippen LogP) is 16.5. The van der Waals surface area contributed by atoms with Gasteiger partial charge in [-0.1, -0.05) is 212 Å². The maximum absolute atomic E-state index is 5.41. The number of nitrogens with zero attached hydrogens (tertiary/aromatic N) is 3. The van der Waals surface area contributed by atoms with Crippen LogP contribution >= 0.6 is 0 Å². The van der Waals surface area contributed by atoms with E-state index < -0.39 is 0 Å². The first-order valence-electron chi connectivity index (χ1n) is 22.2. The van der Waals surface area contributed by atoms with Crippen LogP contribution in [0.5, 0.6) is 0 Å². The summed E-state index contributed by atoms with van der Waals surface area (Å²) in [7, 11) is 0. The summed E-state index contributed by atoms with van der Waals surface area (Å²) in [6.45, 7) is 0. The minimum absolute atomic E-state index is 0.684. The van der Waals surface area contributed by atoms with Crippen LogP contribution in [0.4, 0.5) is 0 Å². The maximum atomic E-state index is 5.41. The van der Waals surface area contributed by atoms with Crippen molar-refractivity contribution in [2.45, 2.75) is 0 Å². The molecule has 0 atom stereocenters. The molecule has 0 saturated heterocycles. The number of aromatic nitrogens is 3. The van der Waals surface area contributed by atoms with Crippen LogP contribution in [0, 0.1) is 0 Å². The van der Waals surface area contributed by atoms with E-state index in [2.05, 4.69) is 235 Å². The molecule has 3 nitrogen and oxygen atoms in total. The Kier molecular flexibility index (Phi) is 8.53. The van der Waals surface area contributed by atoms with Crippen LogP contribution in [0.1, 0.15) is 0 Å². The fourth-order valence-electron chi connectivity index (χ4n) is 10.4. The van der Waals surface area contributed by atoms with Gasteiger partial charge in [-0.15, -0.1) is 0 Å². The Morgan fingerprint density at radius 2 is 0.785 bits per heavy atom. The molecule has 13 aromatic rings. The average molecular weight is 826 g/mol. The molecule has 11 aromatic carbocycles. The highest BCUT2D eigenvalue weighted by Crippen LogP contribution is 2.48. The molecule has 0 aliphatic heterocycles. The molecule has 302 valence electrons. The average Bonchev–Trinajstić information content (AvgIpc) is 3.72. The van der Waals surface area contributed by atoms with Crippen LogP contribution in [-0.2, 0) is 0 Å². The van der Waals surface area contributed by atoms with Crippen molar-refractivity contribution in [1.29, 1.82) is 0 Å². The van der Waals surface area contributed by atoms with Gasteiger partial charge in [0.2, 0.25) is 0 Å². The minimum atomic E-state index is 0.684. The highest BCUT2D eigenvalue weighted by Gasteiger charge is 2.22. The van der Waals surface area contributed by atoms with E-state index >= 15 is 0 Å². The summed E-state index contributed by atoms with van der Waals surface area (Å²) >= 11 is 0. The number of fused-ring (bicyclic) bond motifs is 8. The van der Waals surface area contributed by atoms with E-state index in [0.717, 1.165) is 50.2 Å². The van der Waals surface area contributed by atoms with Crippen molar-refractivity contribution in [1.82, 2.24) is 14.5 Å². The molecule has 2 aromatic heterocycles. The molecule has 3 heteroatoms. The second-order valence-electron chi connectivity index (χ2n) is 16.8. The quantitative estimate of drug-likeness (QED) is 0.123. The van der Waals surface area contributed by atoms with Gasteiger partial charge >= 0.3 is 0 Å². The van der Waals surface area contributed by atoms with Gasteiger partial charge in [-0.2, -0.15) is 0 Å². The van der Waals surface area contributed by atoms with Gasteiger partial charge in [-0.05, 0) is 89.6 Å². The first-order chi connectivity index (χ1) is 32.3. The summed E-state index contributed by atoms with van der Waals surface area (Å²) in [4.78, 5) is 10.8. The number of rotatable bonds is 6. The molecular weight excluding hydrogens is 787 g/mol. The second-order valence-corrected chi connectivity index (χ2v) is 16.8. The van der Waals surface area contributed by atoms with E-state index in [9.17, 15) is 0 Å². The summed E-state index contributed by atoms with van der Waals surface area (Å²) < 4.78 is 2.38. The smallest absolute Gasteiger partial charge is 0.160 e. The van der Waals surface area contributed by atoms with Crippen LogP contribution in [0.15, 0.2) is 237 Å². The van der Waals surface area contributed by atoms with Crippen molar-refractivity contribution in [2.75, 3.05) is 0 Å². The van der Waals surface area contributed by atoms with Gasteiger partial charge in [0.25, 0.3) is 0 Å². The maximum Gasteiger partial charge on any atom is 0.160 e. The van der Waals surface area contributed by atoms with Crippen LogP contribution < -0.4 is 0 Å². The SMILES string of the molecule is c1ccc(-c2nc(-c3ccccc3-n3c4ccccc4c4ccccc43)cc(-c3ccc(-c4c5ccccc5c(-c5ccccc5)c5c4ccc4ccccc45)c4ccccc34)n2)cc1. The third-order valence-electron chi connectivity index (χ3n) is 13.2. The highest BCUT2D eigenvalue weighted by molar-refractivity contribution is 6.29. The molecule has 0 spiro atoms. The standard InChI is InChI=1S/C62H39N3/c1-3-20-41(21-4-1)59-49-29-11-12-30-50(49)60(53-36-35-40-19-7-8-24-43(40)61(53)59)51-38-37-46(44-25-9-10-26-45(44)51)54-39-55(64-62(63-54)42-22-5-2-6-23-42)52-31-15-18-34-58(52)65-56-32-16-13-27-47(56)48-28-14-17-33-57(48)65/h1-39H. The third kappa shape index (κ3) is 5.90. The van der Waals surface area contributed by atoms with E-state index in [1.807, 2.05) is 6.07 Å². The summed E-state index contributed by atoms with van der Waals surface area (Å²) in [6, 6.07) is 85.2. The summed E-state index contributed by atoms with van der Waals surface area (Å²) in [5.41, 5.74) is 13.1. The lowest BCUT2D eigenvalue weighted by Gasteiger charge is -2.21. The van der Waals surface area contributed by atoms with Gasteiger partial charge in [-0.3, -0.25) is 0 Å². The topological polar surface area (TPSA) is 30.7 Å². The zero-order valence-electron chi connectivity index (χ0n) is 35.4. The monoisotopic (exact) mass is 825 g/mol. The van der Waals surface area contributed by atoms with Crippen molar-refractivity contribution in [3.8, 4) is 61.8 Å². The first kappa shape index (κ1) is 36.9. The fraction of sp³-hybridized carbons (Fsp3) is 0.